The highest BCUT2D eigenvalue weighted by molar-refractivity contribution is 6.31. The summed E-state index contributed by atoms with van der Waals surface area (Å²) < 4.78 is 13.1. The van der Waals surface area contributed by atoms with Crippen molar-refractivity contribution in [1.29, 1.82) is 0 Å². The van der Waals surface area contributed by atoms with E-state index in [4.69, 9.17) is 11.6 Å². The number of nitrogens with zero attached hydrogens (tertiary/aromatic N) is 1. The number of halogens is 2. The molecule has 0 aliphatic carbocycles. The van der Waals surface area contributed by atoms with Crippen LogP contribution in [0.4, 0.5) is 4.39 Å². The third kappa shape index (κ3) is 3.05. The van der Waals surface area contributed by atoms with Crippen molar-refractivity contribution in [3.8, 4) is 0 Å². The number of benzene rings is 1. The number of rotatable bonds is 2. The average Bonchev–Trinajstić information content (AvgIpc) is 2.29. The molecule has 0 N–H and O–H groups in total. The molecule has 1 saturated heterocycles. The average molecular weight is 256 g/mol. The normalized spacial score (nSPS) is 21.8. The zero-order valence-corrected chi connectivity index (χ0v) is 10.5. The second-order valence-electron chi connectivity index (χ2n) is 4.59. The van der Waals surface area contributed by atoms with E-state index >= 15 is 0 Å². The third-order valence-corrected chi connectivity index (χ3v) is 3.53. The molecule has 2 nitrogen and oxygen atoms in total. The van der Waals surface area contributed by atoms with Crippen molar-refractivity contribution in [2.75, 3.05) is 13.1 Å². The van der Waals surface area contributed by atoms with Crippen molar-refractivity contribution in [2.45, 2.75) is 19.9 Å². The van der Waals surface area contributed by atoms with Gasteiger partial charge in [-0.15, -0.1) is 0 Å². The number of piperidine rings is 1. The van der Waals surface area contributed by atoms with Gasteiger partial charge in [0.1, 0.15) is 11.6 Å². The van der Waals surface area contributed by atoms with E-state index in [-0.39, 0.29) is 11.7 Å². The number of carbonyl (C=O) groups is 1. The summed E-state index contributed by atoms with van der Waals surface area (Å²) in [5.74, 6) is 0.105. The first-order valence-corrected chi connectivity index (χ1v) is 6.13. The monoisotopic (exact) mass is 255 g/mol. The fraction of sp³-hybridized carbons (Fsp3) is 0.462. The van der Waals surface area contributed by atoms with Crippen LogP contribution >= 0.6 is 11.6 Å². The van der Waals surface area contributed by atoms with Gasteiger partial charge in [0.2, 0.25) is 0 Å². The first-order valence-electron chi connectivity index (χ1n) is 5.75. The summed E-state index contributed by atoms with van der Waals surface area (Å²) in [6, 6.07) is 4.39. The summed E-state index contributed by atoms with van der Waals surface area (Å²) in [7, 11) is 0. The van der Waals surface area contributed by atoms with Crippen LogP contribution in [0.2, 0.25) is 5.02 Å². The Hall–Kier alpha value is -0.930. The molecule has 1 fully saturated rings. The number of ketones is 1. The lowest BCUT2D eigenvalue weighted by Gasteiger charge is -2.30. The first-order chi connectivity index (χ1) is 8.06. The summed E-state index contributed by atoms with van der Waals surface area (Å²) in [6.45, 7) is 4.00. The van der Waals surface area contributed by atoms with Crippen LogP contribution < -0.4 is 0 Å². The Morgan fingerprint density at radius 2 is 2.29 bits per heavy atom. The molecule has 92 valence electrons. The predicted octanol–water partition coefficient (Wildman–Crippen LogP) is 2.89. The summed E-state index contributed by atoms with van der Waals surface area (Å²) in [4.78, 5) is 13.5. The fourth-order valence-electron chi connectivity index (χ4n) is 2.14. The van der Waals surface area contributed by atoms with E-state index in [1.807, 2.05) is 6.92 Å². The first kappa shape index (κ1) is 12.5. The van der Waals surface area contributed by atoms with Gasteiger partial charge in [-0.1, -0.05) is 18.5 Å². The lowest BCUT2D eigenvalue weighted by molar-refractivity contribution is -0.125. The van der Waals surface area contributed by atoms with Gasteiger partial charge >= 0.3 is 0 Å². The summed E-state index contributed by atoms with van der Waals surface area (Å²) in [5, 5.41) is 0.580. The van der Waals surface area contributed by atoms with Crippen LogP contribution in [-0.2, 0) is 11.3 Å². The molecule has 1 atom stereocenters. The molecule has 0 spiro atoms. The van der Waals surface area contributed by atoms with Gasteiger partial charge in [0.15, 0.2) is 0 Å². The van der Waals surface area contributed by atoms with Gasteiger partial charge in [0.25, 0.3) is 0 Å². The van der Waals surface area contributed by atoms with Crippen LogP contribution in [0.5, 0.6) is 0 Å². The Balaban J connectivity index is 2.06. The molecule has 0 saturated carbocycles. The van der Waals surface area contributed by atoms with Crippen molar-refractivity contribution in [1.82, 2.24) is 4.90 Å². The molecule has 2 rings (SSSR count). The van der Waals surface area contributed by atoms with E-state index < -0.39 is 0 Å². The minimum atomic E-state index is -0.273. The maximum Gasteiger partial charge on any atom is 0.138 e. The van der Waals surface area contributed by atoms with Crippen LogP contribution in [0.25, 0.3) is 0 Å². The lowest BCUT2D eigenvalue weighted by atomic mass is 9.98. The zero-order chi connectivity index (χ0) is 12.4. The van der Waals surface area contributed by atoms with Crippen LogP contribution in [0.3, 0.4) is 0 Å². The molecule has 1 aliphatic rings. The van der Waals surface area contributed by atoms with E-state index in [9.17, 15) is 9.18 Å². The van der Waals surface area contributed by atoms with Crippen LogP contribution in [0.1, 0.15) is 18.9 Å². The van der Waals surface area contributed by atoms with Crippen molar-refractivity contribution >= 4 is 17.4 Å². The minimum Gasteiger partial charge on any atom is -0.299 e. The second-order valence-corrected chi connectivity index (χ2v) is 5.00. The fourth-order valence-corrected chi connectivity index (χ4v) is 2.32. The Kier molecular flexibility index (Phi) is 3.79. The van der Waals surface area contributed by atoms with Crippen LogP contribution in [0, 0.1) is 11.7 Å². The number of hydrogen-bond acceptors (Lipinski definition) is 2. The van der Waals surface area contributed by atoms with Gasteiger partial charge in [-0.2, -0.15) is 0 Å². The molecular formula is C13H15ClFNO. The molecule has 0 amide bonds. The standard InChI is InChI=1S/C13H15ClFNO/c1-9-7-16(5-4-13(9)17)8-10-6-11(15)2-3-12(10)14/h2-3,6,9H,4-5,7-8H2,1H3. The van der Waals surface area contributed by atoms with Gasteiger partial charge in [-0.3, -0.25) is 9.69 Å². The summed E-state index contributed by atoms with van der Waals surface area (Å²) in [5.41, 5.74) is 0.785. The Morgan fingerprint density at radius 3 is 3.00 bits per heavy atom. The van der Waals surface area contributed by atoms with Gasteiger partial charge in [-0.05, 0) is 23.8 Å². The maximum absolute atomic E-state index is 13.1. The molecular weight excluding hydrogens is 241 g/mol. The van der Waals surface area contributed by atoms with E-state index in [1.54, 1.807) is 6.07 Å². The van der Waals surface area contributed by atoms with Crippen molar-refractivity contribution in [3.05, 3.63) is 34.6 Å². The van der Waals surface area contributed by atoms with E-state index in [0.717, 1.165) is 18.7 Å². The molecule has 17 heavy (non-hydrogen) atoms. The SMILES string of the molecule is CC1CN(Cc2cc(F)ccc2Cl)CCC1=O. The summed E-state index contributed by atoms with van der Waals surface area (Å²) >= 11 is 6.02. The van der Waals surface area contributed by atoms with E-state index in [0.29, 0.717) is 23.8 Å². The van der Waals surface area contributed by atoms with Gasteiger partial charge in [0, 0.05) is 37.0 Å². The molecule has 0 bridgehead atoms. The quantitative estimate of drug-likeness (QED) is 0.810. The highest BCUT2D eigenvalue weighted by Gasteiger charge is 2.23. The predicted molar refractivity (Wildman–Crippen MR) is 65.5 cm³/mol. The number of Topliss-reactive ketones (excluding diaryl/α,β-unsaturated/α-hetero) is 1. The molecule has 1 unspecified atom stereocenters. The Morgan fingerprint density at radius 1 is 1.53 bits per heavy atom. The maximum atomic E-state index is 13.1. The van der Waals surface area contributed by atoms with Crippen LogP contribution in [0.15, 0.2) is 18.2 Å². The topological polar surface area (TPSA) is 20.3 Å². The minimum absolute atomic E-state index is 0.0658. The Bertz CT molecular complexity index is 435. The van der Waals surface area contributed by atoms with E-state index in [1.165, 1.54) is 12.1 Å². The largest absolute Gasteiger partial charge is 0.299 e. The molecule has 4 heteroatoms. The molecule has 1 aromatic carbocycles. The van der Waals surface area contributed by atoms with Gasteiger partial charge in [-0.25, -0.2) is 4.39 Å². The Labute approximate surface area is 105 Å². The van der Waals surface area contributed by atoms with Crippen molar-refractivity contribution in [2.24, 2.45) is 5.92 Å². The van der Waals surface area contributed by atoms with Gasteiger partial charge in [0.05, 0.1) is 0 Å². The molecule has 1 aliphatic heterocycles. The van der Waals surface area contributed by atoms with Gasteiger partial charge < -0.3 is 0 Å². The van der Waals surface area contributed by atoms with Crippen molar-refractivity contribution in [3.63, 3.8) is 0 Å². The smallest absolute Gasteiger partial charge is 0.138 e. The van der Waals surface area contributed by atoms with Crippen molar-refractivity contribution < 1.29 is 9.18 Å². The van der Waals surface area contributed by atoms with Crippen LogP contribution in [-0.4, -0.2) is 23.8 Å². The molecule has 0 radical (unpaired) electrons. The molecule has 1 aromatic rings. The molecule has 1 heterocycles. The number of carbonyl (C=O) groups excluding carboxylic acids is 1. The number of hydrogen-bond donors (Lipinski definition) is 0. The lowest BCUT2D eigenvalue weighted by Crippen LogP contribution is -2.39. The van der Waals surface area contributed by atoms with E-state index in [2.05, 4.69) is 4.90 Å². The second kappa shape index (κ2) is 5.15. The number of likely N-dealkylation sites (tertiary alicyclic amines) is 1. The molecule has 0 aromatic heterocycles. The third-order valence-electron chi connectivity index (χ3n) is 3.16. The zero-order valence-electron chi connectivity index (χ0n) is 9.75. The summed E-state index contributed by atoms with van der Waals surface area (Å²) in [6.07, 6.45) is 0.577. The highest BCUT2D eigenvalue weighted by atomic mass is 35.5. The highest BCUT2D eigenvalue weighted by Crippen LogP contribution is 2.21.